The normalized spacial score (nSPS) is 14.3. The third kappa shape index (κ3) is 5.68. The maximum absolute atomic E-state index is 12.6. The molecule has 0 heterocycles. The quantitative estimate of drug-likeness (QED) is 0.620. The summed E-state index contributed by atoms with van der Waals surface area (Å²) >= 11 is 8.05. The lowest BCUT2D eigenvalue weighted by atomic mass is 10.2. The summed E-state index contributed by atoms with van der Waals surface area (Å²) in [5.41, 5.74) is 1.54. The third-order valence-corrected chi connectivity index (χ3v) is 6.08. The topological polar surface area (TPSA) is 38.3 Å². The van der Waals surface area contributed by atoms with Crippen molar-refractivity contribution in [1.29, 1.82) is 0 Å². The number of amides is 1. The van der Waals surface area contributed by atoms with Gasteiger partial charge in [-0.2, -0.15) is 11.8 Å². The summed E-state index contributed by atoms with van der Waals surface area (Å²) < 4.78 is 5.86. The first-order chi connectivity index (χ1) is 12.7. The highest BCUT2D eigenvalue weighted by molar-refractivity contribution is 7.99. The summed E-state index contributed by atoms with van der Waals surface area (Å²) in [4.78, 5) is 12.6. The third-order valence-electron chi connectivity index (χ3n) is 4.47. The fraction of sp³-hybridized carbons (Fsp3) is 0.381. The first kappa shape index (κ1) is 19.1. The van der Waals surface area contributed by atoms with Crippen LogP contribution in [0.2, 0.25) is 5.02 Å². The van der Waals surface area contributed by atoms with Crippen molar-refractivity contribution in [2.45, 2.75) is 37.5 Å². The zero-order chi connectivity index (χ0) is 18.2. The first-order valence-electron chi connectivity index (χ1n) is 9.08. The van der Waals surface area contributed by atoms with Crippen LogP contribution in [0.5, 0.6) is 5.75 Å². The van der Waals surface area contributed by atoms with E-state index in [9.17, 15) is 4.79 Å². The van der Waals surface area contributed by atoms with E-state index in [0.717, 1.165) is 16.6 Å². The van der Waals surface area contributed by atoms with Crippen molar-refractivity contribution in [3.63, 3.8) is 0 Å². The maximum atomic E-state index is 12.6. The monoisotopic (exact) mass is 389 g/mol. The van der Waals surface area contributed by atoms with E-state index in [2.05, 4.69) is 5.32 Å². The van der Waals surface area contributed by atoms with E-state index in [1.54, 1.807) is 18.2 Å². The van der Waals surface area contributed by atoms with Crippen LogP contribution in [0.1, 0.15) is 41.6 Å². The van der Waals surface area contributed by atoms with E-state index in [1.165, 1.54) is 25.7 Å². The molecule has 3 rings (SSSR count). The van der Waals surface area contributed by atoms with Crippen LogP contribution in [0.25, 0.3) is 0 Å². The van der Waals surface area contributed by atoms with Crippen LogP contribution in [0.15, 0.2) is 48.5 Å². The molecule has 0 radical (unpaired) electrons. The lowest BCUT2D eigenvalue weighted by molar-refractivity contribution is 0.0951. The largest absolute Gasteiger partial charge is 0.488 e. The minimum absolute atomic E-state index is 0.136. The van der Waals surface area contributed by atoms with Crippen molar-refractivity contribution >= 4 is 29.3 Å². The fourth-order valence-corrected chi connectivity index (χ4v) is 4.47. The van der Waals surface area contributed by atoms with Gasteiger partial charge in [0.25, 0.3) is 5.91 Å². The number of rotatable bonds is 8. The second-order valence-electron chi connectivity index (χ2n) is 6.45. The van der Waals surface area contributed by atoms with Gasteiger partial charge in [-0.05, 0) is 36.6 Å². The molecule has 0 aromatic heterocycles. The smallest absolute Gasteiger partial charge is 0.255 e. The molecule has 0 atom stereocenters. The van der Waals surface area contributed by atoms with Crippen LogP contribution in [-0.2, 0) is 6.61 Å². The van der Waals surface area contributed by atoms with E-state index in [4.69, 9.17) is 16.3 Å². The number of thioether (sulfide) groups is 1. The summed E-state index contributed by atoms with van der Waals surface area (Å²) in [5.74, 6) is 1.36. The molecule has 1 fully saturated rings. The molecule has 0 spiro atoms. The summed E-state index contributed by atoms with van der Waals surface area (Å²) in [6.45, 7) is 1.07. The zero-order valence-corrected chi connectivity index (χ0v) is 16.3. The fourth-order valence-electron chi connectivity index (χ4n) is 3.08. The predicted octanol–water partition coefficient (Wildman–Crippen LogP) is 5.32. The average molecular weight is 390 g/mol. The average Bonchev–Trinajstić information content (AvgIpc) is 3.18. The lowest BCUT2D eigenvalue weighted by Gasteiger charge is -2.13. The molecule has 138 valence electrons. The molecular weight excluding hydrogens is 366 g/mol. The van der Waals surface area contributed by atoms with E-state index < -0.39 is 0 Å². The van der Waals surface area contributed by atoms with Crippen molar-refractivity contribution in [3.8, 4) is 5.75 Å². The van der Waals surface area contributed by atoms with Gasteiger partial charge in [0.05, 0.1) is 5.56 Å². The Morgan fingerprint density at radius 2 is 1.92 bits per heavy atom. The zero-order valence-electron chi connectivity index (χ0n) is 14.7. The molecule has 1 aliphatic carbocycles. The Labute approximate surface area is 164 Å². The number of halogens is 1. The van der Waals surface area contributed by atoms with Gasteiger partial charge in [-0.15, -0.1) is 0 Å². The molecule has 1 N–H and O–H groups in total. The molecule has 3 nitrogen and oxygen atoms in total. The van der Waals surface area contributed by atoms with Gasteiger partial charge in [0.1, 0.15) is 12.4 Å². The van der Waals surface area contributed by atoms with Crippen molar-refractivity contribution in [2.24, 2.45) is 0 Å². The van der Waals surface area contributed by atoms with Crippen LogP contribution in [-0.4, -0.2) is 23.5 Å². The Morgan fingerprint density at radius 1 is 1.15 bits per heavy atom. The molecule has 0 saturated heterocycles. The van der Waals surface area contributed by atoms with Gasteiger partial charge >= 0.3 is 0 Å². The highest BCUT2D eigenvalue weighted by atomic mass is 35.5. The van der Waals surface area contributed by atoms with Gasteiger partial charge in [-0.3, -0.25) is 4.79 Å². The summed E-state index contributed by atoms with van der Waals surface area (Å²) in [5, 5.41) is 4.29. The number of hydrogen-bond donors (Lipinski definition) is 1. The number of carbonyl (C=O) groups excluding carboxylic acids is 1. The maximum Gasteiger partial charge on any atom is 0.255 e. The second kappa shape index (κ2) is 9.89. The van der Waals surface area contributed by atoms with Gasteiger partial charge in [0.15, 0.2) is 0 Å². The Kier molecular flexibility index (Phi) is 7.27. The number of carbonyl (C=O) groups is 1. The predicted molar refractivity (Wildman–Crippen MR) is 109 cm³/mol. The van der Waals surface area contributed by atoms with E-state index in [0.29, 0.717) is 29.5 Å². The summed E-state index contributed by atoms with van der Waals surface area (Å²) in [6, 6.07) is 15.1. The van der Waals surface area contributed by atoms with Crippen LogP contribution >= 0.6 is 23.4 Å². The van der Waals surface area contributed by atoms with Crippen LogP contribution < -0.4 is 10.1 Å². The molecule has 5 heteroatoms. The Morgan fingerprint density at radius 3 is 2.69 bits per heavy atom. The second-order valence-corrected chi connectivity index (χ2v) is 8.29. The Bertz CT molecular complexity index is 717. The van der Waals surface area contributed by atoms with Crippen molar-refractivity contribution in [3.05, 3.63) is 64.7 Å². The molecule has 2 aromatic rings. The van der Waals surface area contributed by atoms with Crippen molar-refractivity contribution < 1.29 is 9.53 Å². The van der Waals surface area contributed by atoms with Crippen molar-refractivity contribution in [1.82, 2.24) is 5.32 Å². The summed E-state index contributed by atoms with van der Waals surface area (Å²) in [6.07, 6.45) is 5.30. The molecule has 1 saturated carbocycles. The van der Waals surface area contributed by atoms with E-state index in [1.807, 2.05) is 42.1 Å². The number of nitrogens with one attached hydrogen (secondary N) is 1. The SMILES string of the molecule is O=C(NCCSC1CCCC1)c1cc(Cl)ccc1OCc1ccccc1. The molecule has 1 amide bonds. The first-order valence-corrected chi connectivity index (χ1v) is 10.5. The van der Waals surface area contributed by atoms with E-state index in [-0.39, 0.29) is 5.91 Å². The number of hydrogen-bond acceptors (Lipinski definition) is 3. The molecule has 2 aromatic carbocycles. The Hall–Kier alpha value is -1.65. The van der Waals surface area contributed by atoms with Gasteiger partial charge in [0, 0.05) is 22.6 Å². The summed E-state index contributed by atoms with van der Waals surface area (Å²) in [7, 11) is 0. The number of ether oxygens (including phenoxy) is 1. The van der Waals surface area contributed by atoms with Gasteiger partial charge in [-0.1, -0.05) is 54.8 Å². The minimum atomic E-state index is -0.136. The van der Waals surface area contributed by atoms with Gasteiger partial charge < -0.3 is 10.1 Å². The van der Waals surface area contributed by atoms with E-state index >= 15 is 0 Å². The minimum Gasteiger partial charge on any atom is -0.488 e. The van der Waals surface area contributed by atoms with Gasteiger partial charge in [0.2, 0.25) is 0 Å². The van der Waals surface area contributed by atoms with Crippen LogP contribution in [0.3, 0.4) is 0 Å². The van der Waals surface area contributed by atoms with Crippen LogP contribution in [0, 0.1) is 0 Å². The lowest BCUT2D eigenvalue weighted by Crippen LogP contribution is -2.26. The molecule has 0 unspecified atom stereocenters. The van der Waals surface area contributed by atoms with Gasteiger partial charge in [-0.25, -0.2) is 0 Å². The molecular formula is C21H24ClNO2S. The molecule has 26 heavy (non-hydrogen) atoms. The molecule has 1 aliphatic rings. The Balaban J connectivity index is 1.54. The van der Waals surface area contributed by atoms with Crippen LogP contribution in [0.4, 0.5) is 0 Å². The standard InChI is InChI=1S/C21H24ClNO2S/c22-17-10-11-20(25-15-16-6-2-1-3-7-16)19(14-17)21(24)23-12-13-26-18-8-4-5-9-18/h1-3,6-7,10-11,14,18H,4-5,8-9,12-13,15H2,(H,23,24). The van der Waals surface area contributed by atoms with Crippen molar-refractivity contribution in [2.75, 3.05) is 12.3 Å². The highest BCUT2D eigenvalue weighted by Crippen LogP contribution is 2.29. The highest BCUT2D eigenvalue weighted by Gasteiger charge is 2.16. The molecule has 0 bridgehead atoms. The number of benzene rings is 2. The molecule has 0 aliphatic heterocycles.